The second kappa shape index (κ2) is 3.90. The Morgan fingerprint density at radius 2 is 2.19 bits per heavy atom. The number of hydrogen-bond acceptors (Lipinski definition) is 3. The van der Waals surface area contributed by atoms with E-state index < -0.39 is 18.1 Å². The molecular weight excluding hydrogens is 208 g/mol. The monoisotopic (exact) mass is 224 g/mol. The summed E-state index contributed by atoms with van der Waals surface area (Å²) in [6, 6.07) is -1.43. The third kappa shape index (κ3) is 1.61. The molecule has 0 spiro atoms. The van der Waals surface area contributed by atoms with E-state index in [1.165, 1.54) is 4.90 Å². The lowest BCUT2D eigenvalue weighted by molar-refractivity contribution is -0.149. The van der Waals surface area contributed by atoms with Gasteiger partial charge in [0.15, 0.2) is 0 Å². The summed E-state index contributed by atoms with van der Waals surface area (Å²) in [6.07, 6.45) is 5.05. The number of nitrogens with zero attached hydrogens (tertiary/aromatic N) is 1. The molecule has 1 amide bonds. The fourth-order valence-electron chi connectivity index (χ4n) is 2.41. The van der Waals surface area contributed by atoms with Crippen LogP contribution in [0.1, 0.15) is 19.8 Å². The average molecular weight is 224 g/mol. The zero-order valence-electron chi connectivity index (χ0n) is 9.17. The molecule has 0 aromatic heterocycles. The number of rotatable bonds is 1. The van der Waals surface area contributed by atoms with Crippen LogP contribution in [0.25, 0.3) is 0 Å². The van der Waals surface area contributed by atoms with Gasteiger partial charge >= 0.3 is 5.97 Å². The Bertz CT molecular complexity index is 353. The van der Waals surface area contributed by atoms with Crippen LogP contribution in [-0.4, -0.2) is 40.0 Å². The first-order chi connectivity index (χ1) is 7.52. The fraction of sp³-hybridized carbons (Fsp3) is 0.636. The molecule has 0 bridgehead atoms. The minimum atomic E-state index is -0.939. The van der Waals surface area contributed by atoms with Crippen LogP contribution < -0.4 is 5.73 Å². The normalized spacial score (nSPS) is 38.4. The topological polar surface area (TPSA) is 83.6 Å². The smallest absolute Gasteiger partial charge is 0.326 e. The molecule has 2 heterocycles. The molecule has 3 N–H and O–H groups in total. The molecule has 2 rings (SSSR count). The number of carboxylic acids is 1. The zero-order valence-corrected chi connectivity index (χ0v) is 9.17. The van der Waals surface area contributed by atoms with Gasteiger partial charge in [0.2, 0.25) is 5.91 Å². The van der Waals surface area contributed by atoms with E-state index in [0.717, 1.165) is 0 Å². The highest BCUT2D eigenvalue weighted by molar-refractivity contribution is 5.88. The number of carbonyl (C=O) groups is 2. The summed E-state index contributed by atoms with van der Waals surface area (Å²) in [5, 5.41) is 9.06. The quantitative estimate of drug-likeness (QED) is 0.612. The first-order valence-electron chi connectivity index (χ1n) is 5.51. The highest BCUT2D eigenvalue weighted by Gasteiger charge is 2.43. The molecular formula is C11H16N2O3. The van der Waals surface area contributed by atoms with Crippen LogP contribution in [-0.2, 0) is 9.59 Å². The van der Waals surface area contributed by atoms with Gasteiger partial charge in [-0.2, -0.15) is 0 Å². The van der Waals surface area contributed by atoms with Crippen molar-refractivity contribution in [2.75, 3.05) is 0 Å². The fourth-order valence-corrected chi connectivity index (χ4v) is 2.41. The molecule has 2 aliphatic heterocycles. The van der Waals surface area contributed by atoms with Crippen molar-refractivity contribution < 1.29 is 14.7 Å². The lowest BCUT2D eigenvalue weighted by Gasteiger charge is -2.28. The summed E-state index contributed by atoms with van der Waals surface area (Å²) in [6.45, 7) is 1.87. The second-order valence-electron chi connectivity index (χ2n) is 4.51. The number of amides is 1. The largest absolute Gasteiger partial charge is 0.480 e. The van der Waals surface area contributed by atoms with E-state index >= 15 is 0 Å². The first kappa shape index (κ1) is 11.1. The molecule has 2 aliphatic rings. The molecule has 0 aliphatic carbocycles. The van der Waals surface area contributed by atoms with Crippen molar-refractivity contribution >= 4 is 11.9 Å². The number of carboxylic acid groups (broad SMARTS) is 1. The van der Waals surface area contributed by atoms with Gasteiger partial charge in [-0.25, -0.2) is 4.79 Å². The Hall–Kier alpha value is -1.36. The number of carbonyl (C=O) groups excluding carboxylic acids is 1. The lowest BCUT2D eigenvalue weighted by Crippen LogP contribution is -2.51. The van der Waals surface area contributed by atoms with Gasteiger partial charge in [0, 0.05) is 0 Å². The van der Waals surface area contributed by atoms with Crippen molar-refractivity contribution in [3.8, 4) is 0 Å². The molecule has 88 valence electrons. The van der Waals surface area contributed by atoms with E-state index in [9.17, 15) is 9.59 Å². The van der Waals surface area contributed by atoms with Crippen LogP contribution in [0.15, 0.2) is 12.2 Å². The number of nitrogens with two attached hydrogens (primary N) is 1. The number of fused-ring (bicyclic) bond motifs is 1. The van der Waals surface area contributed by atoms with Crippen molar-refractivity contribution in [1.29, 1.82) is 0 Å². The summed E-state index contributed by atoms with van der Waals surface area (Å²) >= 11 is 0. The van der Waals surface area contributed by atoms with Gasteiger partial charge in [-0.15, -0.1) is 0 Å². The van der Waals surface area contributed by atoms with E-state index in [0.29, 0.717) is 12.8 Å². The maximum Gasteiger partial charge on any atom is 0.326 e. The van der Waals surface area contributed by atoms with Crippen LogP contribution in [0.4, 0.5) is 0 Å². The van der Waals surface area contributed by atoms with Gasteiger partial charge in [0.05, 0.1) is 12.1 Å². The molecule has 1 saturated heterocycles. The van der Waals surface area contributed by atoms with Crippen LogP contribution in [0, 0.1) is 5.92 Å². The van der Waals surface area contributed by atoms with Crippen molar-refractivity contribution in [1.82, 2.24) is 4.90 Å². The van der Waals surface area contributed by atoms with Gasteiger partial charge in [0.1, 0.15) is 6.04 Å². The van der Waals surface area contributed by atoms with Crippen molar-refractivity contribution in [2.45, 2.75) is 37.9 Å². The van der Waals surface area contributed by atoms with Gasteiger partial charge in [-0.05, 0) is 18.8 Å². The van der Waals surface area contributed by atoms with E-state index in [4.69, 9.17) is 10.8 Å². The van der Waals surface area contributed by atoms with E-state index in [2.05, 4.69) is 0 Å². The highest BCUT2D eigenvalue weighted by atomic mass is 16.4. The highest BCUT2D eigenvalue weighted by Crippen LogP contribution is 2.29. The van der Waals surface area contributed by atoms with E-state index in [-0.39, 0.29) is 17.9 Å². The van der Waals surface area contributed by atoms with Gasteiger partial charge < -0.3 is 15.7 Å². The minimum absolute atomic E-state index is 0.0347. The molecule has 5 heteroatoms. The van der Waals surface area contributed by atoms with Crippen LogP contribution in [0.3, 0.4) is 0 Å². The number of hydrogen-bond donors (Lipinski definition) is 2. The third-order valence-corrected chi connectivity index (χ3v) is 3.46. The molecule has 0 aromatic carbocycles. The maximum atomic E-state index is 12.0. The second-order valence-corrected chi connectivity index (χ2v) is 4.51. The molecule has 4 atom stereocenters. The van der Waals surface area contributed by atoms with Gasteiger partial charge in [-0.3, -0.25) is 4.79 Å². The Labute approximate surface area is 93.9 Å². The summed E-state index contributed by atoms with van der Waals surface area (Å²) in [5.74, 6) is -1.22. The molecule has 5 nitrogen and oxygen atoms in total. The van der Waals surface area contributed by atoms with Gasteiger partial charge in [0.25, 0.3) is 0 Å². The van der Waals surface area contributed by atoms with Crippen LogP contribution in [0.2, 0.25) is 0 Å². The predicted molar refractivity (Wildman–Crippen MR) is 57.6 cm³/mol. The molecule has 1 fully saturated rings. The van der Waals surface area contributed by atoms with E-state index in [1.54, 1.807) is 0 Å². The SMILES string of the molecule is C[C@@H]1C=C[C@H]2CC[C@@H](C(=O)O)N2C(=O)[C@H]1N. The zero-order chi connectivity index (χ0) is 11.9. The summed E-state index contributed by atoms with van der Waals surface area (Å²) in [5.41, 5.74) is 5.80. The Morgan fingerprint density at radius 3 is 2.81 bits per heavy atom. The van der Waals surface area contributed by atoms with Crippen molar-refractivity contribution in [3.63, 3.8) is 0 Å². The predicted octanol–water partition coefficient (Wildman–Crippen LogP) is -0.0362. The molecule has 0 unspecified atom stereocenters. The Kier molecular flexibility index (Phi) is 2.71. The molecule has 0 aromatic rings. The number of aliphatic carboxylic acids is 1. The Balaban J connectivity index is 2.31. The van der Waals surface area contributed by atoms with Crippen LogP contribution in [0.5, 0.6) is 0 Å². The Morgan fingerprint density at radius 1 is 1.50 bits per heavy atom. The average Bonchev–Trinajstić information content (AvgIpc) is 2.63. The molecule has 16 heavy (non-hydrogen) atoms. The first-order valence-corrected chi connectivity index (χ1v) is 5.51. The molecule has 0 radical (unpaired) electrons. The maximum absolute atomic E-state index is 12.0. The summed E-state index contributed by atoms with van der Waals surface area (Å²) in [4.78, 5) is 24.5. The van der Waals surface area contributed by atoms with E-state index in [1.807, 2.05) is 19.1 Å². The summed E-state index contributed by atoms with van der Waals surface area (Å²) < 4.78 is 0. The summed E-state index contributed by atoms with van der Waals surface area (Å²) in [7, 11) is 0. The van der Waals surface area contributed by atoms with Gasteiger partial charge in [-0.1, -0.05) is 19.1 Å². The lowest BCUT2D eigenvalue weighted by atomic mass is 10.0. The van der Waals surface area contributed by atoms with Crippen molar-refractivity contribution in [3.05, 3.63) is 12.2 Å². The standard InChI is InChI=1S/C11H16N2O3/c1-6-2-3-7-4-5-8(11(15)16)13(7)10(14)9(6)12/h2-3,6-9H,4-5,12H2,1H3,(H,15,16)/t6-,7+,8+,9+/m1/s1. The minimum Gasteiger partial charge on any atom is -0.480 e. The molecule has 0 saturated carbocycles. The van der Waals surface area contributed by atoms with Crippen molar-refractivity contribution in [2.24, 2.45) is 11.7 Å². The third-order valence-electron chi connectivity index (χ3n) is 3.46. The van der Waals surface area contributed by atoms with Crippen LogP contribution >= 0.6 is 0 Å².